The minimum atomic E-state index is -0.513. The molecule has 0 unspecified atom stereocenters. The van der Waals surface area contributed by atoms with E-state index in [1.165, 1.54) is 6.07 Å². The SMILES string of the molecule is COc1ccc(-c2cc(=O)c3ccc(NC(=O)C(C)(C)C)cc3o2)cc1. The van der Waals surface area contributed by atoms with Crippen molar-refractivity contribution in [2.75, 3.05) is 12.4 Å². The van der Waals surface area contributed by atoms with Crippen LogP contribution in [0.4, 0.5) is 5.69 Å². The molecule has 3 aromatic rings. The number of rotatable bonds is 3. The summed E-state index contributed by atoms with van der Waals surface area (Å²) in [5.41, 5.74) is 1.14. The summed E-state index contributed by atoms with van der Waals surface area (Å²) in [6.07, 6.45) is 0. The Labute approximate surface area is 151 Å². The molecule has 1 aromatic heterocycles. The standard InChI is InChI=1S/C21H21NO4/c1-21(2,3)20(24)22-14-7-10-16-17(23)12-18(26-19(16)11-14)13-5-8-15(25-4)9-6-13/h5-12H,1-4H3,(H,22,24). The molecular formula is C21H21NO4. The minimum Gasteiger partial charge on any atom is -0.497 e. The van der Waals surface area contributed by atoms with Crippen LogP contribution in [-0.2, 0) is 4.79 Å². The van der Waals surface area contributed by atoms with Crippen LogP contribution < -0.4 is 15.5 Å². The molecule has 0 bridgehead atoms. The summed E-state index contributed by atoms with van der Waals surface area (Å²) in [6.45, 7) is 5.52. The first kappa shape index (κ1) is 17.7. The van der Waals surface area contributed by atoms with E-state index < -0.39 is 5.41 Å². The molecule has 1 N–H and O–H groups in total. The average Bonchev–Trinajstić information content (AvgIpc) is 2.60. The van der Waals surface area contributed by atoms with Gasteiger partial charge in [-0.1, -0.05) is 20.8 Å². The number of benzene rings is 2. The molecule has 0 aliphatic heterocycles. The third-order valence-corrected chi connectivity index (χ3v) is 4.04. The number of hydrogen-bond acceptors (Lipinski definition) is 4. The Kier molecular flexibility index (Phi) is 4.55. The van der Waals surface area contributed by atoms with Gasteiger partial charge in [-0.25, -0.2) is 0 Å². The molecule has 0 atom stereocenters. The van der Waals surface area contributed by atoms with Crippen LogP contribution in [-0.4, -0.2) is 13.0 Å². The number of amides is 1. The molecule has 0 saturated carbocycles. The van der Waals surface area contributed by atoms with Crippen molar-refractivity contribution in [3.8, 4) is 17.1 Å². The maximum atomic E-state index is 12.4. The number of methoxy groups -OCH3 is 1. The van der Waals surface area contributed by atoms with Crippen LogP contribution in [0.3, 0.4) is 0 Å². The Morgan fingerprint density at radius 2 is 1.73 bits per heavy atom. The van der Waals surface area contributed by atoms with Gasteiger partial charge in [0.15, 0.2) is 5.43 Å². The van der Waals surface area contributed by atoms with Gasteiger partial charge in [0.25, 0.3) is 0 Å². The van der Waals surface area contributed by atoms with E-state index in [9.17, 15) is 9.59 Å². The van der Waals surface area contributed by atoms with E-state index in [-0.39, 0.29) is 11.3 Å². The molecule has 0 saturated heterocycles. The molecule has 26 heavy (non-hydrogen) atoms. The lowest BCUT2D eigenvalue weighted by atomic mass is 9.95. The second kappa shape index (κ2) is 6.67. The number of anilines is 1. The Bertz CT molecular complexity index is 1010. The van der Waals surface area contributed by atoms with Crippen molar-refractivity contribution in [2.24, 2.45) is 5.41 Å². The Balaban J connectivity index is 2.02. The second-order valence-corrected chi connectivity index (χ2v) is 7.12. The summed E-state index contributed by atoms with van der Waals surface area (Å²) < 4.78 is 11.1. The first-order valence-electron chi connectivity index (χ1n) is 8.32. The highest BCUT2D eigenvalue weighted by Gasteiger charge is 2.21. The normalized spacial score (nSPS) is 11.4. The van der Waals surface area contributed by atoms with Crippen molar-refractivity contribution < 1.29 is 13.9 Å². The summed E-state index contributed by atoms with van der Waals surface area (Å²) in [7, 11) is 1.60. The lowest BCUT2D eigenvalue weighted by molar-refractivity contribution is -0.123. The van der Waals surface area contributed by atoms with E-state index in [2.05, 4.69) is 5.32 Å². The van der Waals surface area contributed by atoms with Crippen LogP contribution in [0.1, 0.15) is 20.8 Å². The molecule has 0 radical (unpaired) electrons. The Hall–Kier alpha value is -3.08. The molecule has 0 aliphatic rings. The smallest absolute Gasteiger partial charge is 0.229 e. The highest BCUT2D eigenvalue weighted by Crippen LogP contribution is 2.26. The van der Waals surface area contributed by atoms with Crippen molar-refractivity contribution in [3.05, 3.63) is 58.8 Å². The molecule has 0 fully saturated rings. The van der Waals surface area contributed by atoms with Gasteiger partial charge in [-0.2, -0.15) is 0 Å². The van der Waals surface area contributed by atoms with E-state index >= 15 is 0 Å². The number of fused-ring (bicyclic) bond motifs is 1. The van der Waals surface area contributed by atoms with Crippen molar-refractivity contribution in [1.29, 1.82) is 0 Å². The molecular weight excluding hydrogens is 330 g/mol. The average molecular weight is 351 g/mol. The van der Waals surface area contributed by atoms with Crippen LogP contribution in [0, 0.1) is 5.41 Å². The fourth-order valence-electron chi connectivity index (χ4n) is 2.45. The van der Waals surface area contributed by atoms with Gasteiger partial charge in [0, 0.05) is 28.8 Å². The van der Waals surface area contributed by atoms with Gasteiger partial charge in [-0.15, -0.1) is 0 Å². The van der Waals surface area contributed by atoms with Crippen LogP contribution in [0.2, 0.25) is 0 Å². The molecule has 0 aliphatic carbocycles. The van der Waals surface area contributed by atoms with E-state index in [1.807, 2.05) is 32.9 Å². The van der Waals surface area contributed by atoms with Gasteiger partial charge in [0.1, 0.15) is 17.1 Å². The summed E-state index contributed by atoms with van der Waals surface area (Å²) in [4.78, 5) is 24.6. The van der Waals surface area contributed by atoms with E-state index in [0.717, 1.165) is 11.3 Å². The molecule has 5 nitrogen and oxygen atoms in total. The van der Waals surface area contributed by atoms with Crippen LogP contribution >= 0.6 is 0 Å². The third-order valence-electron chi connectivity index (χ3n) is 4.04. The highest BCUT2D eigenvalue weighted by molar-refractivity contribution is 5.96. The van der Waals surface area contributed by atoms with E-state index in [4.69, 9.17) is 9.15 Å². The molecule has 134 valence electrons. The largest absolute Gasteiger partial charge is 0.497 e. The lowest BCUT2D eigenvalue weighted by Gasteiger charge is -2.17. The summed E-state index contributed by atoms with van der Waals surface area (Å²) >= 11 is 0. The molecule has 0 spiro atoms. The quantitative estimate of drug-likeness (QED) is 0.757. The predicted octanol–water partition coefficient (Wildman–Crippen LogP) is 4.45. The highest BCUT2D eigenvalue weighted by atomic mass is 16.5. The monoisotopic (exact) mass is 351 g/mol. The molecule has 1 amide bonds. The van der Waals surface area contributed by atoms with Gasteiger partial charge in [-0.3, -0.25) is 9.59 Å². The van der Waals surface area contributed by atoms with Gasteiger partial charge in [-0.05, 0) is 36.4 Å². The number of carbonyl (C=O) groups is 1. The van der Waals surface area contributed by atoms with Crippen molar-refractivity contribution in [2.45, 2.75) is 20.8 Å². The molecule has 2 aromatic carbocycles. The fraction of sp³-hybridized carbons (Fsp3) is 0.238. The van der Waals surface area contributed by atoms with Crippen molar-refractivity contribution in [1.82, 2.24) is 0 Å². The number of nitrogens with one attached hydrogen (secondary N) is 1. The summed E-state index contributed by atoms with van der Waals surface area (Å²) in [6, 6.07) is 13.8. The predicted molar refractivity (Wildman–Crippen MR) is 103 cm³/mol. The second-order valence-electron chi connectivity index (χ2n) is 7.12. The van der Waals surface area contributed by atoms with Crippen LogP contribution in [0.5, 0.6) is 5.75 Å². The van der Waals surface area contributed by atoms with Crippen molar-refractivity contribution >= 4 is 22.6 Å². The molecule has 5 heteroatoms. The van der Waals surface area contributed by atoms with E-state index in [1.54, 1.807) is 37.4 Å². The van der Waals surface area contributed by atoms with E-state index in [0.29, 0.717) is 22.4 Å². The lowest BCUT2D eigenvalue weighted by Crippen LogP contribution is -2.27. The Morgan fingerprint density at radius 3 is 2.35 bits per heavy atom. The summed E-state index contributed by atoms with van der Waals surface area (Å²) in [5.74, 6) is 1.08. The maximum absolute atomic E-state index is 12.4. The van der Waals surface area contributed by atoms with Gasteiger partial charge < -0.3 is 14.5 Å². The van der Waals surface area contributed by atoms with Crippen LogP contribution in [0.15, 0.2) is 57.7 Å². The van der Waals surface area contributed by atoms with Crippen LogP contribution in [0.25, 0.3) is 22.3 Å². The topological polar surface area (TPSA) is 68.5 Å². The van der Waals surface area contributed by atoms with Crippen molar-refractivity contribution in [3.63, 3.8) is 0 Å². The first-order valence-corrected chi connectivity index (χ1v) is 8.32. The Morgan fingerprint density at radius 1 is 1.04 bits per heavy atom. The minimum absolute atomic E-state index is 0.106. The zero-order chi connectivity index (χ0) is 18.9. The first-order chi connectivity index (χ1) is 12.3. The van der Waals surface area contributed by atoms with Gasteiger partial charge in [0.2, 0.25) is 5.91 Å². The zero-order valence-electron chi connectivity index (χ0n) is 15.3. The summed E-state index contributed by atoms with van der Waals surface area (Å²) in [5, 5.41) is 3.32. The van der Waals surface area contributed by atoms with Gasteiger partial charge >= 0.3 is 0 Å². The fourth-order valence-corrected chi connectivity index (χ4v) is 2.45. The number of hydrogen-bond donors (Lipinski definition) is 1. The van der Waals surface area contributed by atoms with Gasteiger partial charge in [0.05, 0.1) is 12.5 Å². The number of ether oxygens (including phenoxy) is 1. The maximum Gasteiger partial charge on any atom is 0.229 e. The zero-order valence-corrected chi connectivity index (χ0v) is 15.3. The number of carbonyl (C=O) groups excluding carboxylic acids is 1. The molecule has 3 rings (SSSR count). The molecule has 1 heterocycles. The third kappa shape index (κ3) is 3.61.